The highest BCUT2D eigenvalue weighted by atomic mass is 79.9. The molecule has 32 heavy (non-hydrogen) atoms. The molecule has 0 fully saturated rings. The molecule has 164 valence electrons. The molecule has 0 aliphatic carbocycles. The number of carbonyl (C=O) groups excluding carboxylic acids is 2. The van der Waals surface area contributed by atoms with Crippen LogP contribution >= 0.6 is 15.9 Å². The molecule has 0 aliphatic rings. The summed E-state index contributed by atoms with van der Waals surface area (Å²) in [7, 11) is 0. The highest BCUT2D eigenvalue weighted by Crippen LogP contribution is 2.23. The van der Waals surface area contributed by atoms with Gasteiger partial charge in [0.15, 0.2) is 6.10 Å². The zero-order valence-electron chi connectivity index (χ0n) is 17.2. The molecule has 1 amide bonds. The van der Waals surface area contributed by atoms with Crippen molar-refractivity contribution < 1.29 is 24.2 Å². The number of hydrogen-bond acceptors (Lipinski definition) is 6. The van der Waals surface area contributed by atoms with Crippen LogP contribution in [0.3, 0.4) is 0 Å². The van der Waals surface area contributed by atoms with E-state index in [9.17, 15) is 14.7 Å². The fourth-order valence-electron chi connectivity index (χ4n) is 2.74. The first-order valence-corrected chi connectivity index (χ1v) is 10.6. The molecular formula is C24H21BrN2O5. The summed E-state index contributed by atoms with van der Waals surface area (Å²) in [5, 5.41) is 14.0. The molecule has 0 aromatic heterocycles. The van der Waals surface area contributed by atoms with Crippen molar-refractivity contribution in [2.24, 2.45) is 5.10 Å². The van der Waals surface area contributed by atoms with Crippen LogP contribution < -0.4 is 14.9 Å². The highest BCUT2D eigenvalue weighted by Gasteiger charge is 2.16. The van der Waals surface area contributed by atoms with Crippen LogP contribution in [-0.4, -0.2) is 29.8 Å². The number of hydrogen-bond donors (Lipinski definition) is 2. The smallest absolute Gasteiger partial charge is 0.343 e. The molecule has 0 saturated heterocycles. The summed E-state index contributed by atoms with van der Waals surface area (Å²) in [6, 6.07) is 20.1. The molecule has 7 nitrogen and oxygen atoms in total. The van der Waals surface area contributed by atoms with Crippen molar-refractivity contribution in [2.75, 3.05) is 6.61 Å². The maximum absolute atomic E-state index is 12.5. The number of amides is 1. The van der Waals surface area contributed by atoms with Crippen LogP contribution in [0.15, 0.2) is 82.4 Å². The van der Waals surface area contributed by atoms with E-state index in [2.05, 4.69) is 26.5 Å². The maximum Gasteiger partial charge on any atom is 0.343 e. The number of hydrazone groups is 1. The van der Waals surface area contributed by atoms with Crippen molar-refractivity contribution >= 4 is 34.0 Å². The molecule has 3 rings (SSSR count). The van der Waals surface area contributed by atoms with E-state index in [1.165, 1.54) is 6.21 Å². The van der Waals surface area contributed by atoms with E-state index >= 15 is 0 Å². The van der Waals surface area contributed by atoms with Crippen molar-refractivity contribution in [1.29, 1.82) is 0 Å². The molecule has 0 radical (unpaired) electrons. The lowest BCUT2D eigenvalue weighted by molar-refractivity contribution is -0.129. The lowest BCUT2D eigenvalue weighted by atomic mass is 10.1. The van der Waals surface area contributed by atoms with E-state index in [4.69, 9.17) is 9.47 Å². The number of rotatable bonds is 8. The number of aliphatic hydroxyl groups is 1. The Hall–Kier alpha value is -3.49. The van der Waals surface area contributed by atoms with Crippen LogP contribution in [0.25, 0.3) is 0 Å². The Labute approximate surface area is 193 Å². The van der Waals surface area contributed by atoms with Crippen molar-refractivity contribution in [1.82, 2.24) is 5.43 Å². The summed E-state index contributed by atoms with van der Waals surface area (Å²) in [6.45, 7) is 2.41. The standard InChI is InChI=1S/C24H21BrN2O5/c1-2-31-20-11-8-17(9-12-20)24(30)32-21-13-10-19(25)14-18(21)15-26-27-23(29)22(28)16-6-4-3-5-7-16/h3-15,22,28H,2H2,1H3,(H,27,29)/b26-15-/t22-/m0/s1. The average Bonchev–Trinajstić information content (AvgIpc) is 2.81. The summed E-state index contributed by atoms with van der Waals surface area (Å²) < 4.78 is 11.6. The second kappa shape index (κ2) is 11.2. The van der Waals surface area contributed by atoms with Crippen molar-refractivity contribution in [3.8, 4) is 11.5 Å². The van der Waals surface area contributed by atoms with E-state index in [0.29, 0.717) is 29.0 Å². The zero-order valence-corrected chi connectivity index (χ0v) is 18.8. The number of ether oxygens (including phenoxy) is 2. The number of esters is 1. The third-order valence-electron chi connectivity index (χ3n) is 4.32. The minimum absolute atomic E-state index is 0.258. The van der Waals surface area contributed by atoms with Gasteiger partial charge >= 0.3 is 5.97 Å². The summed E-state index contributed by atoms with van der Waals surface area (Å²) in [6.07, 6.45) is -0.0194. The van der Waals surface area contributed by atoms with E-state index in [1.807, 2.05) is 6.92 Å². The van der Waals surface area contributed by atoms with Gasteiger partial charge < -0.3 is 14.6 Å². The van der Waals surface area contributed by atoms with Crippen LogP contribution in [0.2, 0.25) is 0 Å². The first-order valence-electron chi connectivity index (χ1n) is 9.78. The lowest BCUT2D eigenvalue weighted by Crippen LogP contribution is -2.25. The molecule has 0 unspecified atom stereocenters. The first-order chi connectivity index (χ1) is 15.5. The molecule has 0 bridgehead atoms. The van der Waals surface area contributed by atoms with Gasteiger partial charge in [0.25, 0.3) is 5.91 Å². The molecular weight excluding hydrogens is 476 g/mol. The SMILES string of the molecule is CCOc1ccc(C(=O)Oc2ccc(Br)cc2/C=N\NC(=O)[C@@H](O)c2ccccc2)cc1. The number of benzene rings is 3. The summed E-state index contributed by atoms with van der Waals surface area (Å²) in [5.74, 6) is -0.313. The van der Waals surface area contributed by atoms with Crippen LogP contribution in [0.4, 0.5) is 0 Å². The van der Waals surface area contributed by atoms with Gasteiger partial charge in [-0.15, -0.1) is 0 Å². The van der Waals surface area contributed by atoms with Crippen LogP contribution in [0.1, 0.15) is 34.5 Å². The Morgan fingerprint density at radius 3 is 2.50 bits per heavy atom. The molecule has 1 atom stereocenters. The number of aliphatic hydroxyl groups excluding tert-OH is 1. The topological polar surface area (TPSA) is 97.2 Å². The van der Waals surface area contributed by atoms with Crippen LogP contribution in [0, 0.1) is 0 Å². The molecule has 0 spiro atoms. The zero-order chi connectivity index (χ0) is 22.9. The Morgan fingerprint density at radius 1 is 1.09 bits per heavy atom. The average molecular weight is 497 g/mol. The second-order valence-corrected chi connectivity index (χ2v) is 7.49. The Kier molecular flexibility index (Phi) is 8.13. The van der Waals surface area contributed by atoms with Gasteiger partial charge in [0, 0.05) is 10.0 Å². The van der Waals surface area contributed by atoms with Crippen molar-refractivity contribution in [3.05, 3.63) is 94.0 Å². The summed E-state index contributed by atoms with van der Waals surface area (Å²) >= 11 is 3.36. The predicted molar refractivity (Wildman–Crippen MR) is 124 cm³/mol. The van der Waals surface area contributed by atoms with Gasteiger partial charge in [0.2, 0.25) is 0 Å². The van der Waals surface area contributed by atoms with E-state index in [1.54, 1.807) is 72.8 Å². The second-order valence-electron chi connectivity index (χ2n) is 6.58. The molecule has 3 aromatic rings. The summed E-state index contributed by atoms with van der Waals surface area (Å²) in [5.41, 5.74) is 3.55. The number of nitrogens with one attached hydrogen (secondary N) is 1. The van der Waals surface area contributed by atoms with Gasteiger partial charge in [-0.25, -0.2) is 10.2 Å². The molecule has 8 heteroatoms. The fraction of sp³-hybridized carbons (Fsp3) is 0.125. The van der Waals surface area contributed by atoms with Gasteiger partial charge in [-0.05, 0) is 55.0 Å². The number of nitrogens with zero attached hydrogens (tertiary/aromatic N) is 1. The monoisotopic (exact) mass is 496 g/mol. The van der Waals surface area contributed by atoms with Crippen LogP contribution in [0.5, 0.6) is 11.5 Å². The maximum atomic E-state index is 12.5. The third-order valence-corrected chi connectivity index (χ3v) is 4.81. The summed E-state index contributed by atoms with van der Waals surface area (Å²) in [4.78, 5) is 24.7. The molecule has 0 saturated carbocycles. The van der Waals surface area contributed by atoms with Gasteiger partial charge in [0.05, 0.1) is 18.4 Å². The normalized spacial score (nSPS) is 11.7. The molecule has 0 heterocycles. The van der Waals surface area contributed by atoms with Gasteiger partial charge in [-0.3, -0.25) is 4.79 Å². The quantitative estimate of drug-likeness (QED) is 0.210. The van der Waals surface area contributed by atoms with E-state index in [0.717, 1.165) is 4.47 Å². The van der Waals surface area contributed by atoms with Crippen molar-refractivity contribution in [2.45, 2.75) is 13.0 Å². The minimum Gasteiger partial charge on any atom is -0.494 e. The van der Waals surface area contributed by atoms with Gasteiger partial charge in [-0.2, -0.15) is 5.10 Å². The van der Waals surface area contributed by atoms with Gasteiger partial charge in [-0.1, -0.05) is 46.3 Å². The van der Waals surface area contributed by atoms with E-state index in [-0.39, 0.29) is 5.75 Å². The first kappa shape index (κ1) is 23.2. The lowest BCUT2D eigenvalue weighted by Gasteiger charge is -2.10. The van der Waals surface area contributed by atoms with Crippen LogP contribution in [-0.2, 0) is 4.79 Å². The number of halogens is 1. The minimum atomic E-state index is -1.35. The third kappa shape index (κ3) is 6.26. The molecule has 3 aromatic carbocycles. The molecule has 2 N–H and O–H groups in total. The Balaban J connectivity index is 1.69. The predicted octanol–water partition coefficient (Wildman–Crippen LogP) is 4.25. The highest BCUT2D eigenvalue weighted by molar-refractivity contribution is 9.10. The van der Waals surface area contributed by atoms with Crippen molar-refractivity contribution in [3.63, 3.8) is 0 Å². The van der Waals surface area contributed by atoms with E-state index < -0.39 is 18.0 Å². The Morgan fingerprint density at radius 2 is 1.81 bits per heavy atom. The largest absolute Gasteiger partial charge is 0.494 e. The number of carbonyl (C=O) groups is 2. The molecule has 0 aliphatic heterocycles. The van der Waals surface area contributed by atoms with Gasteiger partial charge in [0.1, 0.15) is 11.5 Å². The fourth-order valence-corrected chi connectivity index (χ4v) is 3.12. The Bertz CT molecular complexity index is 1100.